The summed E-state index contributed by atoms with van der Waals surface area (Å²) in [4.78, 5) is 10.7. The van der Waals surface area contributed by atoms with Gasteiger partial charge in [-0.3, -0.25) is 9.35 Å². The molecule has 82 valence electrons. The monoisotopic (exact) mass is 221 g/mol. The van der Waals surface area contributed by atoms with Crippen LogP contribution in [0.15, 0.2) is 12.2 Å². The summed E-state index contributed by atoms with van der Waals surface area (Å²) in [6, 6.07) is 0. The first-order valence-electron chi connectivity index (χ1n) is 3.96. The van der Waals surface area contributed by atoms with Crippen LogP contribution >= 0.6 is 0 Å². The molecule has 0 spiro atoms. The van der Waals surface area contributed by atoms with Crippen molar-refractivity contribution < 1.29 is 17.8 Å². The third-order valence-electron chi connectivity index (χ3n) is 1.61. The highest BCUT2D eigenvalue weighted by Crippen LogP contribution is 2.25. The van der Waals surface area contributed by atoms with E-state index in [4.69, 9.17) is 10.3 Å². The molecule has 0 aromatic heterocycles. The fraction of sp³-hybridized carbons (Fsp3) is 0.625. The van der Waals surface area contributed by atoms with Crippen LogP contribution in [-0.4, -0.2) is 24.6 Å². The molecule has 0 saturated heterocycles. The van der Waals surface area contributed by atoms with Crippen LogP contribution in [0.1, 0.15) is 20.3 Å². The maximum Gasteiger partial charge on any atom is 0.265 e. The van der Waals surface area contributed by atoms with Gasteiger partial charge in [0.15, 0.2) is 0 Å². The van der Waals surface area contributed by atoms with E-state index >= 15 is 0 Å². The third kappa shape index (κ3) is 5.71. The van der Waals surface area contributed by atoms with Crippen LogP contribution in [0.5, 0.6) is 0 Å². The molecule has 14 heavy (non-hydrogen) atoms. The fourth-order valence-electron chi connectivity index (χ4n) is 1.21. The lowest BCUT2D eigenvalue weighted by Crippen LogP contribution is -2.27. The molecule has 0 aliphatic carbocycles. The Kier molecular flexibility index (Phi) is 3.84. The van der Waals surface area contributed by atoms with Crippen molar-refractivity contribution in [3.63, 3.8) is 0 Å². The minimum atomic E-state index is -4.05. The number of primary amides is 1. The lowest BCUT2D eigenvalue weighted by Gasteiger charge is -2.22. The molecule has 3 N–H and O–H groups in total. The highest BCUT2D eigenvalue weighted by molar-refractivity contribution is 7.85. The van der Waals surface area contributed by atoms with Crippen molar-refractivity contribution in [1.29, 1.82) is 0 Å². The Hall–Kier alpha value is -0.880. The van der Waals surface area contributed by atoms with Crippen LogP contribution in [-0.2, 0) is 14.9 Å². The van der Waals surface area contributed by atoms with Gasteiger partial charge < -0.3 is 5.73 Å². The molecule has 0 radical (unpaired) electrons. The third-order valence-corrected chi connectivity index (χ3v) is 2.76. The van der Waals surface area contributed by atoms with Crippen LogP contribution in [0.2, 0.25) is 0 Å². The molecule has 1 amide bonds. The number of amides is 1. The van der Waals surface area contributed by atoms with Crippen molar-refractivity contribution >= 4 is 16.0 Å². The molecule has 0 aromatic rings. The van der Waals surface area contributed by atoms with Gasteiger partial charge >= 0.3 is 0 Å². The second-order valence-corrected chi connectivity index (χ2v) is 5.49. The van der Waals surface area contributed by atoms with E-state index in [9.17, 15) is 13.2 Å². The van der Waals surface area contributed by atoms with Crippen LogP contribution in [0.25, 0.3) is 0 Å². The predicted molar refractivity (Wildman–Crippen MR) is 53.1 cm³/mol. The van der Waals surface area contributed by atoms with Crippen LogP contribution in [0.3, 0.4) is 0 Å². The molecule has 6 heteroatoms. The van der Waals surface area contributed by atoms with E-state index in [1.807, 2.05) is 0 Å². The number of nitrogens with two attached hydrogens (primary N) is 1. The van der Waals surface area contributed by atoms with E-state index < -0.39 is 27.2 Å². The number of hydrogen-bond acceptors (Lipinski definition) is 3. The van der Waals surface area contributed by atoms with E-state index in [-0.39, 0.29) is 12.0 Å². The van der Waals surface area contributed by atoms with Gasteiger partial charge in [0.1, 0.15) is 0 Å². The van der Waals surface area contributed by atoms with Crippen molar-refractivity contribution in [3.05, 3.63) is 12.2 Å². The van der Waals surface area contributed by atoms with Gasteiger partial charge in [-0.2, -0.15) is 8.42 Å². The van der Waals surface area contributed by atoms with Crippen molar-refractivity contribution in [2.45, 2.75) is 20.3 Å². The standard InChI is InChI=1S/C8H15NO4S/c1-6(7(9)10)4-8(2,3)5-14(11,12)13/h1,4-5H2,2-3H3,(H2,9,10)(H,11,12,13). The van der Waals surface area contributed by atoms with Gasteiger partial charge in [-0.05, 0) is 11.8 Å². The number of rotatable bonds is 5. The molecular formula is C8H15NO4S. The van der Waals surface area contributed by atoms with Gasteiger partial charge in [-0.1, -0.05) is 20.4 Å². The van der Waals surface area contributed by atoms with Crippen molar-refractivity contribution in [3.8, 4) is 0 Å². The second-order valence-electron chi connectivity index (χ2n) is 4.04. The normalized spacial score (nSPS) is 12.5. The van der Waals surface area contributed by atoms with Crippen LogP contribution in [0.4, 0.5) is 0 Å². The summed E-state index contributed by atoms with van der Waals surface area (Å²) in [5.41, 5.74) is 4.36. The molecule has 0 aromatic carbocycles. The summed E-state index contributed by atoms with van der Waals surface area (Å²) in [6.07, 6.45) is 0.141. The van der Waals surface area contributed by atoms with E-state index in [1.165, 1.54) is 0 Å². The molecule has 5 nitrogen and oxygen atoms in total. The van der Waals surface area contributed by atoms with E-state index in [1.54, 1.807) is 13.8 Å². The molecule has 0 aliphatic rings. The van der Waals surface area contributed by atoms with Gasteiger partial charge in [-0.25, -0.2) is 0 Å². The molecule has 0 unspecified atom stereocenters. The summed E-state index contributed by atoms with van der Waals surface area (Å²) in [5, 5.41) is 0. The average molecular weight is 221 g/mol. The maximum atomic E-state index is 10.7. The first kappa shape index (κ1) is 13.1. The van der Waals surface area contributed by atoms with Crippen molar-refractivity contribution in [2.24, 2.45) is 11.1 Å². The SMILES string of the molecule is C=C(CC(C)(C)CS(=O)(=O)O)C(N)=O. The van der Waals surface area contributed by atoms with Crippen molar-refractivity contribution in [2.75, 3.05) is 5.75 Å². The summed E-state index contributed by atoms with van der Waals surface area (Å²) < 4.78 is 29.8. The van der Waals surface area contributed by atoms with Gasteiger partial charge in [0.2, 0.25) is 5.91 Å². The van der Waals surface area contributed by atoms with E-state index in [0.29, 0.717) is 0 Å². The topological polar surface area (TPSA) is 97.5 Å². The molecule has 0 atom stereocenters. The number of carbonyl (C=O) groups excluding carboxylic acids is 1. The minimum absolute atomic E-state index is 0.141. The molecule has 0 bridgehead atoms. The summed E-state index contributed by atoms with van der Waals surface area (Å²) >= 11 is 0. The lowest BCUT2D eigenvalue weighted by atomic mass is 9.88. The Balaban J connectivity index is 4.51. The summed E-state index contributed by atoms with van der Waals surface area (Å²) in [5.74, 6) is -1.08. The lowest BCUT2D eigenvalue weighted by molar-refractivity contribution is -0.114. The zero-order valence-corrected chi connectivity index (χ0v) is 9.10. The molecule has 0 heterocycles. The van der Waals surface area contributed by atoms with Gasteiger partial charge in [-0.15, -0.1) is 0 Å². The van der Waals surface area contributed by atoms with Gasteiger partial charge in [0.05, 0.1) is 5.75 Å². The van der Waals surface area contributed by atoms with Crippen LogP contribution in [0, 0.1) is 5.41 Å². The Labute approximate surface area is 83.7 Å². The smallest absolute Gasteiger partial charge is 0.265 e. The number of carbonyl (C=O) groups is 1. The zero-order valence-electron chi connectivity index (χ0n) is 8.28. The molecule has 0 rings (SSSR count). The zero-order chi connectivity index (χ0) is 11.6. The summed E-state index contributed by atoms with van der Waals surface area (Å²) in [7, 11) is -4.05. The largest absolute Gasteiger partial charge is 0.366 e. The highest BCUT2D eigenvalue weighted by atomic mass is 32.2. The number of hydrogen-bond donors (Lipinski definition) is 2. The van der Waals surface area contributed by atoms with E-state index in [0.717, 1.165) is 0 Å². The Bertz CT molecular complexity index is 342. The minimum Gasteiger partial charge on any atom is -0.366 e. The predicted octanol–water partition coefficient (Wildman–Crippen LogP) is 0.332. The van der Waals surface area contributed by atoms with Crippen molar-refractivity contribution in [1.82, 2.24) is 0 Å². The quantitative estimate of drug-likeness (QED) is 0.516. The maximum absolute atomic E-state index is 10.7. The Morgan fingerprint density at radius 1 is 1.50 bits per heavy atom. The summed E-state index contributed by atoms with van der Waals surface area (Å²) in [6.45, 7) is 6.63. The van der Waals surface area contributed by atoms with Gasteiger partial charge in [0, 0.05) is 5.57 Å². The Morgan fingerprint density at radius 3 is 2.21 bits per heavy atom. The second kappa shape index (κ2) is 4.10. The fourth-order valence-corrected chi connectivity index (χ4v) is 2.30. The molecular weight excluding hydrogens is 206 g/mol. The molecule has 0 saturated carbocycles. The van der Waals surface area contributed by atoms with Crippen LogP contribution < -0.4 is 5.73 Å². The average Bonchev–Trinajstić information content (AvgIpc) is 1.78. The molecule has 0 fully saturated rings. The highest BCUT2D eigenvalue weighted by Gasteiger charge is 2.26. The first-order valence-corrected chi connectivity index (χ1v) is 5.57. The Morgan fingerprint density at radius 2 is 1.93 bits per heavy atom. The first-order chi connectivity index (χ1) is 6.03. The van der Waals surface area contributed by atoms with Gasteiger partial charge in [0.25, 0.3) is 10.1 Å². The van der Waals surface area contributed by atoms with E-state index in [2.05, 4.69) is 6.58 Å². The molecule has 0 aliphatic heterocycles.